The Bertz CT molecular complexity index is 1420. The summed E-state index contributed by atoms with van der Waals surface area (Å²) in [6, 6.07) is 7.21. The molecule has 172 valence electrons. The Balaban J connectivity index is 1.28. The van der Waals surface area contributed by atoms with Crippen LogP contribution in [0.25, 0.3) is 22.4 Å². The number of morpholine rings is 1. The van der Waals surface area contributed by atoms with Crippen LogP contribution in [0, 0.1) is 13.8 Å². The molecule has 1 unspecified atom stereocenters. The summed E-state index contributed by atoms with van der Waals surface area (Å²) in [5.41, 5.74) is 9.11. The van der Waals surface area contributed by atoms with Gasteiger partial charge in [-0.2, -0.15) is 10.1 Å². The summed E-state index contributed by atoms with van der Waals surface area (Å²) in [4.78, 5) is 21.8. The number of anilines is 1. The lowest BCUT2D eigenvalue weighted by atomic mass is 9.87. The van der Waals surface area contributed by atoms with Crippen LogP contribution in [0.4, 0.5) is 5.95 Å². The Labute approximate surface area is 198 Å². The molecule has 34 heavy (non-hydrogen) atoms. The molecular weight excluding hydrogens is 426 g/mol. The predicted molar refractivity (Wildman–Crippen MR) is 129 cm³/mol. The summed E-state index contributed by atoms with van der Waals surface area (Å²) in [6.07, 6.45) is 8.75. The second kappa shape index (κ2) is 7.56. The molecule has 1 saturated heterocycles. The molecule has 3 aliphatic rings. The van der Waals surface area contributed by atoms with Crippen molar-refractivity contribution < 1.29 is 4.74 Å². The minimum atomic E-state index is -0.0497. The van der Waals surface area contributed by atoms with E-state index in [1.165, 1.54) is 24.0 Å². The fourth-order valence-electron chi connectivity index (χ4n) is 4.88. The van der Waals surface area contributed by atoms with Crippen LogP contribution in [-0.4, -0.2) is 49.4 Å². The Kier molecular flexibility index (Phi) is 4.45. The van der Waals surface area contributed by atoms with E-state index in [0.717, 1.165) is 53.1 Å². The van der Waals surface area contributed by atoms with Gasteiger partial charge in [0.2, 0.25) is 5.95 Å². The first-order chi connectivity index (χ1) is 16.6. The maximum Gasteiger partial charge on any atom is 0.228 e. The van der Waals surface area contributed by atoms with E-state index in [1.54, 1.807) is 0 Å². The quantitative estimate of drug-likeness (QED) is 0.463. The highest BCUT2D eigenvalue weighted by Gasteiger charge is 2.29. The third kappa shape index (κ3) is 3.36. The summed E-state index contributed by atoms with van der Waals surface area (Å²) >= 11 is 0. The van der Waals surface area contributed by atoms with E-state index in [2.05, 4.69) is 39.1 Å². The average Bonchev–Trinajstić information content (AvgIpc) is 3.56. The van der Waals surface area contributed by atoms with Crippen LogP contribution in [0.2, 0.25) is 0 Å². The van der Waals surface area contributed by atoms with Crippen LogP contribution in [-0.2, 0) is 17.6 Å². The molecule has 3 aromatic heterocycles. The summed E-state index contributed by atoms with van der Waals surface area (Å²) in [5.74, 6) is 0.686. The van der Waals surface area contributed by atoms with Gasteiger partial charge in [-0.05, 0) is 56.7 Å². The van der Waals surface area contributed by atoms with Crippen molar-refractivity contribution in [3.8, 4) is 11.3 Å². The summed E-state index contributed by atoms with van der Waals surface area (Å²) in [5, 5.41) is 4.55. The first-order valence-electron chi connectivity index (χ1n) is 12.2. The van der Waals surface area contributed by atoms with E-state index in [1.807, 2.05) is 20.0 Å². The molecule has 1 aliphatic heterocycles. The summed E-state index contributed by atoms with van der Waals surface area (Å²) in [7, 11) is 0. The maximum atomic E-state index is 6.12. The molecular formula is C26H27N7O. The number of rotatable bonds is 4. The molecule has 0 N–H and O–H groups in total. The molecule has 0 bridgehead atoms. The molecule has 8 heteroatoms. The van der Waals surface area contributed by atoms with Gasteiger partial charge in [0, 0.05) is 23.9 Å². The van der Waals surface area contributed by atoms with Gasteiger partial charge in [0.25, 0.3) is 0 Å². The van der Waals surface area contributed by atoms with Crippen molar-refractivity contribution >= 4 is 17.1 Å². The number of hydrogen-bond donors (Lipinski definition) is 0. The smallest absolute Gasteiger partial charge is 0.228 e. The monoisotopic (exact) mass is 453 g/mol. The Morgan fingerprint density at radius 1 is 0.971 bits per heavy atom. The van der Waals surface area contributed by atoms with Crippen LogP contribution in [0.1, 0.15) is 53.1 Å². The second-order valence-corrected chi connectivity index (χ2v) is 9.71. The van der Waals surface area contributed by atoms with Crippen molar-refractivity contribution in [3.05, 3.63) is 58.7 Å². The zero-order chi connectivity index (χ0) is 22.8. The lowest BCUT2D eigenvalue weighted by Gasteiger charge is -2.32. The van der Waals surface area contributed by atoms with E-state index in [9.17, 15) is 0 Å². The van der Waals surface area contributed by atoms with Crippen molar-refractivity contribution in [1.29, 1.82) is 0 Å². The third-order valence-electron chi connectivity index (χ3n) is 7.34. The zero-order valence-electron chi connectivity index (χ0n) is 19.5. The molecule has 1 atom stereocenters. The van der Waals surface area contributed by atoms with E-state index in [0.29, 0.717) is 30.8 Å². The van der Waals surface area contributed by atoms with Crippen LogP contribution >= 0.6 is 0 Å². The first-order valence-corrected chi connectivity index (χ1v) is 12.2. The predicted octanol–water partition coefficient (Wildman–Crippen LogP) is 3.91. The van der Waals surface area contributed by atoms with Gasteiger partial charge in [-0.1, -0.05) is 12.1 Å². The fraction of sp³-hybridized carbons (Fsp3) is 0.423. The highest BCUT2D eigenvalue weighted by Crippen LogP contribution is 2.36. The van der Waals surface area contributed by atoms with E-state index >= 15 is 0 Å². The van der Waals surface area contributed by atoms with E-state index in [-0.39, 0.29) is 6.10 Å². The number of ether oxygens (including phenoxy) is 1. The number of aromatic nitrogens is 6. The van der Waals surface area contributed by atoms with Gasteiger partial charge in [-0.3, -0.25) is 4.68 Å². The third-order valence-corrected chi connectivity index (χ3v) is 7.34. The minimum Gasteiger partial charge on any atom is -0.370 e. The lowest BCUT2D eigenvalue weighted by Crippen LogP contribution is -2.39. The van der Waals surface area contributed by atoms with Crippen molar-refractivity contribution in [2.75, 3.05) is 24.6 Å². The molecule has 4 aromatic rings. The van der Waals surface area contributed by atoms with Crippen LogP contribution in [0.3, 0.4) is 0 Å². The standard InChI is InChI=1S/C26H27N7O/c1-15-16(2)29-25-24(28-15)23(19-6-4-17-3-5-18(17)11-19)30-26(31-25)32-9-10-34-22(14-32)20-12-27-33(13-20)21-7-8-21/h4,6,11-13,21-22H,3,5,7-10,14H2,1-2H3. The number of nitrogens with zero attached hydrogens (tertiary/aromatic N) is 7. The van der Waals surface area contributed by atoms with Gasteiger partial charge in [-0.15, -0.1) is 0 Å². The zero-order valence-corrected chi connectivity index (χ0v) is 19.5. The molecule has 7 rings (SSSR count). The topological polar surface area (TPSA) is 81.9 Å². The Hall–Kier alpha value is -3.39. The van der Waals surface area contributed by atoms with Gasteiger partial charge in [0.15, 0.2) is 5.65 Å². The Morgan fingerprint density at radius 2 is 1.82 bits per heavy atom. The van der Waals surface area contributed by atoms with Gasteiger partial charge in [0.1, 0.15) is 17.3 Å². The Morgan fingerprint density at radius 3 is 2.62 bits per heavy atom. The largest absolute Gasteiger partial charge is 0.370 e. The van der Waals surface area contributed by atoms with Gasteiger partial charge in [-0.25, -0.2) is 15.0 Å². The summed E-state index contributed by atoms with van der Waals surface area (Å²) in [6.45, 7) is 6.01. The number of benzene rings is 1. The second-order valence-electron chi connectivity index (χ2n) is 9.71. The van der Waals surface area contributed by atoms with Gasteiger partial charge >= 0.3 is 0 Å². The number of fused-ring (bicyclic) bond motifs is 2. The lowest BCUT2D eigenvalue weighted by molar-refractivity contribution is 0.0392. The van der Waals surface area contributed by atoms with Crippen LogP contribution < -0.4 is 4.90 Å². The number of hydrogen-bond acceptors (Lipinski definition) is 7. The van der Waals surface area contributed by atoms with Crippen molar-refractivity contribution in [3.63, 3.8) is 0 Å². The molecule has 2 aliphatic carbocycles. The molecule has 0 spiro atoms. The van der Waals surface area contributed by atoms with Crippen molar-refractivity contribution in [1.82, 2.24) is 29.7 Å². The SMILES string of the molecule is Cc1nc2nc(N3CCOC(c4cnn(C5CC5)c4)C3)nc(-c3ccc4c(c3)CC4)c2nc1C. The highest BCUT2D eigenvalue weighted by molar-refractivity contribution is 5.88. The molecule has 4 heterocycles. The van der Waals surface area contributed by atoms with Crippen molar-refractivity contribution in [2.45, 2.75) is 51.7 Å². The first kappa shape index (κ1) is 20.0. The molecule has 2 fully saturated rings. The van der Waals surface area contributed by atoms with Gasteiger partial charge in [0.05, 0.1) is 36.8 Å². The molecule has 0 amide bonds. The van der Waals surface area contributed by atoms with E-state index < -0.39 is 0 Å². The molecule has 1 saturated carbocycles. The highest BCUT2D eigenvalue weighted by atomic mass is 16.5. The van der Waals surface area contributed by atoms with Crippen molar-refractivity contribution in [2.24, 2.45) is 0 Å². The molecule has 8 nitrogen and oxygen atoms in total. The normalized spacial score (nSPS) is 19.8. The van der Waals surface area contributed by atoms with Gasteiger partial charge < -0.3 is 9.64 Å². The van der Waals surface area contributed by atoms with Crippen LogP contribution in [0.15, 0.2) is 30.6 Å². The number of aryl methyl sites for hydroxylation is 4. The maximum absolute atomic E-state index is 6.12. The minimum absolute atomic E-state index is 0.0497. The van der Waals surface area contributed by atoms with E-state index in [4.69, 9.17) is 24.7 Å². The fourth-order valence-corrected chi connectivity index (χ4v) is 4.88. The molecule has 1 aromatic carbocycles. The summed E-state index contributed by atoms with van der Waals surface area (Å²) < 4.78 is 8.20. The average molecular weight is 454 g/mol. The van der Waals surface area contributed by atoms with Crippen LogP contribution in [0.5, 0.6) is 0 Å². The molecule has 0 radical (unpaired) electrons.